The maximum absolute atomic E-state index is 6.36. The van der Waals surface area contributed by atoms with Crippen molar-refractivity contribution in [3.8, 4) is 16.9 Å². The Morgan fingerprint density at radius 3 is 2.82 bits per heavy atom. The molecule has 4 aromatic rings. The van der Waals surface area contributed by atoms with Crippen LogP contribution in [-0.2, 0) is 19.5 Å². The molecule has 10 heteroatoms. The largest absolute Gasteiger partial charge is 0.487 e. The van der Waals surface area contributed by atoms with Crippen molar-refractivity contribution in [1.82, 2.24) is 35.5 Å². The molecule has 9 nitrogen and oxygen atoms in total. The molecule has 33 heavy (non-hydrogen) atoms. The van der Waals surface area contributed by atoms with E-state index in [2.05, 4.69) is 54.3 Å². The van der Waals surface area contributed by atoms with Gasteiger partial charge in [-0.15, -0.1) is 5.10 Å². The number of tetrazole rings is 1. The second-order valence-electron chi connectivity index (χ2n) is 7.94. The van der Waals surface area contributed by atoms with Crippen molar-refractivity contribution in [2.24, 2.45) is 0 Å². The highest BCUT2D eigenvalue weighted by atomic mass is 35.5. The molecule has 1 aliphatic rings. The molecule has 0 radical (unpaired) electrons. The van der Waals surface area contributed by atoms with Crippen LogP contribution in [0.2, 0.25) is 5.02 Å². The predicted molar refractivity (Wildman–Crippen MR) is 126 cm³/mol. The van der Waals surface area contributed by atoms with Gasteiger partial charge in [0.2, 0.25) is 5.95 Å². The van der Waals surface area contributed by atoms with Gasteiger partial charge in [0, 0.05) is 30.2 Å². The van der Waals surface area contributed by atoms with Crippen molar-refractivity contribution >= 4 is 23.2 Å². The summed E-state index contributed by atoms with van der Waals surface area (Å²) in [6, 6.07) is 12.0. The Bertz CT molecular complexity index is 1230. The molecular formula is C23H23ClN8O. The van der Waals surface area contributed by atoms with Crippen molar-refractivity contribution < 1.29 is 4.74 Å². The molecule has 0 spiro atoms. The molecule has 2 aromatic carbocycles. The molecular weight excluding hydrogens is 440 g/mol. The van der Waals surface area contributed by atoms with Gasteiger partial charge in [-0.05, 0) is 71.3 Å². The van der Waals surface area contributed by atoms with E-state index in [1.807, 2.05) is 25.1 Å². The van der Waals surface area contributed by atoms with Gasteiger partial charge in [-0.25, -0.2) is 14.6 Å². The maximum Gasteiger partial charge on any atom is 0.227 e. The molecule has 0 aliphatic carbocycles. The molecule has 3 heterocycles. The summed E-state index contributed by atoms with van der Waals surface area (Å²) < 4.78 is 7.64. The van der Waals surface area contributed by atoms with Gasteiger partial charge in [0.05, 0.1) is 11.6 Å². The number of anilines is 2. The lowest BCUT2D eigenvalue weighted by atomic mass is 10.0. The highest BCUT2D eigenvalue weighted by molar-refractivity contribution is 6.32. The van der Waals surface area contributed by atoms with Gasteiger partial charge >= 0.3 is 0 Å². The Balaban J connectivity index is 1.28. The Morgan fingerprint density at radius 2 is 2.00 bits per heavy atom. The number of ether oxygens (including phenoxy) is 1. The van der Waals surface area contributed by atoms with Crippen LogP contribution in [0.5, 0.6) is 5.75 Å². The van der Waals surface area contributed by atoms with Crippen molar-refractivity contribution in [3.63, 3.8) is 0 Å². The van der Waals surface area contributed by atoms with Crippen molar-refractivity contribution in [2.75, 3.05) is 11.9 Å². The third-order valence-electron chi connectivity index (χ3n) is 5.43. The first-order chi connectivity index (χ1) is 16.1. The lowest BCUT2D eigenvalue weighted by molar-refractivity contribution is 0.193. The fourth-order valence-electron chi connectivity index (χ4n) is 3.78. The molecule has 0 saturated carbocycles. The summed E-state index contributed by atoms with van der Waals surface area (Å²) in [6.07, 6.45) is 5.98. The zero-order chi connectivity index (χ0) is 22.6. The SMILES string of the molecule is CC(Cn1cnnn1)Oc1cc(-c2cnc(Nc3ccc4c(c3)CCNC4)nc2)ccc1Cl. The third-order valence-corrected chi connectivity index (χ3v) is 5.74. The normalized spacial score (nSPS) is 13.9. The number of aromatic nitrogens is 6. The topological polar surface area (TPSA) is 103 Å². The quantitative estimate of drug-likeness (QED) is 0.429. The summed E-state index contributed by atoms with van der Waals surface area (Å²) in [6.45, 7) is 4.37. The zero-order valence-corrected chi connectivity index (χ0v) is 18.8. The fraction of sp³-hybridized carbons (Fsp3) is 0.261. The average molecular weight is 463 g/mol. The van der Waals surface area contributed by atoms with Crippen LogP contribution >= 0.6 is 11.6 Å². The van der Waals surface area contributed by atoms with E-state index in [0.717, 1.165) is 36.3 Å². The Kier molecular flexibility index (Phi) is 6.14. The predicted octanol–water partition coefficient (Wildman–Crippen LogP) is 3.64. The molecule has 0 bridgehead atoms. The van der Waals surface area contributed by atoms with Gasteiger partial charge in [-0.2, -0.15) is 0 Å². The molecule has 2 N–H and O–H groups in total. The van der Waals surface area contributed by atoms with Crippen molar-refractivity contribution in [2.45, 2.75) is 32.5 Å². The van der Waals surface area contributed by atoms with E-state index in [9.17, 15) is 0 Å². The molecule has 1 aliphatic heterocycles. The van der Waals surface area contributed by atoms with Gasteiger partial charge in [0.1, 0.15) is 18.2 Å². The van der Waals surface area contributed by atoms with E-state index >= 15 is 0 Å². The van der Waals surface area contributed by atoms with Gasteiger partial charge < -0.3 is 15.4 Å². The van der Waals surface area contributed by atoms with Crippen LogP contribution in [0.1, 0.15) is 18.1 Å². The van der Waals surface area contributed by atoms with Gasteiger partial charge in [-0.3, -0.25) is 0 Å². The molecule has 1 atom stereocenters. The van der Waals surface area contributed by atoms with E-state index in [1.54, 1.807) is 23.4 Å². The molecule has 2 aromatic heterocycles. The Morgan fingerprint density at radius 1 is 1.12 bits per heavy atom. The van der Waals surface area contributed by atoms with Crippen molar-refractivity contribution in [3.05, 3.63) is 71.3 Å². The number of hydrogen-bond acceptors (Lipinski definition) is 8. The average Bonchev–Trinajstić information content (AvgIpc) is 3.34. The highest BCUT2D eigenvalue weighted by Crippen LogP contribution is 2.31. The van der Waals surface area contributed by atoms with E-state index in [1.165, 1.54) is 11.1 Å². The van der Waals surface area contributed by atoms with Gasteiger partial charge in [0.15, 0.2) is 0 Å². The first kappa shape index (κ1) is 21.3. The molecule has 0 amide bonds. The summed E-state index contributed by atoms with van der Waals surface area (Å²) in [4.78, 5) is 8.98. The van der Waals surface area contributed by atoms with E-state index in [0.29, 0.717) is 23.3 Å². The number of halogens is 1. The maximum atomic E-state index is 6.36. The molecule has 0 fully saturated rings. The number of hydrogen-bond donors (Lipinski definition) is 2. The Labute approximate surface area is 196 Å². The third kappa shape index (κ3) is 5.10. The van der Waals surface area contributed by atoms with Crippen LogP contribution in [0.25, 0.3) is 11.1 Å². The molecule has 168 valence electrons. The highest BCUT2D eigenvalue weighted by Gasteiger charge is 2.12. The van der Waals surface area contributed by atoms with Gasteiger partial charge in [-0.1, -0.05) is 23.7 Å². The van der Waals surface area contributed by atoms with Crippen LogP contribution in [0.4, 0.5) is 11.6 Å². The number of fused-ring (bicyclic) bond motifs is 1. The van der Waals surface area contributed by atoms with E-state index in [-0.39, 0.29) is 6.10 Å². The first-order valence-electron chi connectivity index (χ1n) is 10.7. The van der Waals surface area contributed by atoms with Crippen LogP contribution in [0.15, 0.2) is 55.1 Å². The van der Waals surface area contributed by atoms with Crippen LogP contribution in [0, 0.1) is 0 Å². The minimum absolute atomic E-state index is 0.170. The molecule has 0 saturated heterocycles. The summed E-state index contributed by atoms with van der Waals surface area (Å²) >= 11 is 6.36. The standard InChI is InChI=1S/C23H23ClN8O/c1-15(13-32-14-28-30-31-32)33-22-9-16(3-5-21(22)24)19-11-26-23(27-12-19)29-20-4-2-18-10-25-7-6-17(18)8-20/h2-5,8-9,11-12,14-15,25H,6-7,10,13H2,1H3,(H,26,27,29). The molecule has 1 unspecified atom stereocenters. The number of rotatable bonds is 7. The van der Waals surface area contributed by atoms with E-state index in [4.69, 9.17) is 16.3 Å². The monoisotopic (exact) mass is 462 g/mol. The van der Waals surface area contributed by atoms with Crippen LogP contribution in [0.3, 0.4) is 0 Å². The Hall–Kier alpha value is -3.56. The molecule has 5 rings (SSSR count). The zero-order valence-electron chi connectivity index (χ0n) is 18.1. The van der Waals surface area contributed by atoms with Gasteiger partial charge in [0.25, 0.3) is 0 Å². The number of benzene rings is 2. The minimum Gasteiger partial charge on any atom is -0.487 e. The fourth-order valence-corrected chi connectivity index (χ4v) is 3.94. The second-order valence-corrected chi connectivity index (χ2v) is 8.34. The number of nitrogens with zero attached hydrogens (tertiary/aromatic N) is 6. The van der Waals surface area contributed by atoms with Crippen molar-refractivity contribution in [1.29, 1.82) is 0 Å². The number of nitrogens with one attached hydrogen (secondary N) is 2. The lowest BCUT2D eigenvalue weighted by Crippen LogP contribution is -2.23. The summed E-state index contributed by atoms with van der Waals surface area (Å²) in [5.74, 6) is 1.13. The first-order valence-corrected chi connectivity index (χ1v) is 11.1. The smallest absolute Gasteiger partial charge is 0.227 e. The lowest BCUT2D eigenvalue weighted by Gasteiger charge is -2.18. The summed E-state index contributed by atoms with van der Waals surface area (Å²) in [5, 5.41) is 18.3. The minimum atomic E-state index is -0.170. The van der Waals surface area contributed by atoms with Crippen LogP contribution in [-0.4, -0.2) is 42.8 Å². The van der Waals surface area contributed by atoms with E-state index < -0.39 is 0 Å². The summed E-state index contributed by atoms with van der Waals surface area (Å²) in [7, 11) is 0. The summed E-state index contributed by atoms with van der Waals surface area (Å²) in [5.41, 5.74) is 5.47. The second kappa shape index (κ2) is 9.51. The van der Waals surface area contributed by atoms with Crippen LogP contribution < -0.4 is 15.4 Å².